The van der Waals surface area contributed by atoms with Crippen LogP contribution in [0.4, 0.5) is 5.69 Å². The largest absolute Gasteiger partial charge is 0.380 e. The van der Waals surface area contributed by atoms with Crippen molar-refractivity contribution >= 4 is 27.9 Å². The lowest BCUT2D eigenvalue weighted by Crippen LogP contribution is -2.07. The molecule has 4 heteroatoms. The fourth-order valence-electron chi connectivity index (χ4n) is 2.62. The standard InChI is InChI=1S/C17H17N3S/c1-3-12(4-1)17-20-11-15(21-17)10-19-14-6-7-16-13(9-14)5-2-8-18-16/h2,5-9,11-12,19H,1,3-4,10H2. The van der Waals surface area contributed by atoms with E-state index in [4.69, 9.17) is 0 Å². The molecule has 0 saturated heterocycles. The third-order valence-electron chi connectivity index (χ3n) is 4.10. The third kappa shape index (κ3) is 2.63. The Kier molecular flexibility index (Phi) is 3.31. The highest BCUT2D eigenvalue weighted by atomic mass is 32.1. The zero-order valence-corrected chi connectivity index (χ0v) is 12.6. The summed E-state index contributed by atoms with van der Waals surface area (Å²) in [6.45, 7) is 0.843. The molecule has 3 nitrogen and oxygen atoms in total. The van der Waals surface area contributed by atoms with Crippen LogP contribution in [0.25, 0.3) is 10.9 Å². The zero-order valence-electron chi connectivity index (χ0n) is 11.7. The van der Waals surface area contributed by atoms with Gasteiger partial charge in [-0.25, -0.2) is 4.98 Å². The third-order valence-corrected chi connectivity index (χ3v) is 5.26. The van der Waals surface area contributed by atoms with Crippen molar-refractivity contribution in [1.82, 2.24) is 9.97 Å². The molecule has 0 spiro atoms. The number of anilines is 1. The van der Waals surface area contributed by atoms with Crippen LogP contribution in [-0.2, 0) is 6.54 Å². The zero-order chi connectivity index (χ0) is 14.1. The van der Waals surface area contributed by atoms with Crippen LogP contribution in [0, 0.1) is 0 Å². The smallest absolute Gasteiger partial charge is 0.0959 e. The van der Waals surface area contributed by atoms with Gasteiger partial charge in [-0.3, -0.25) is 4.98 Å². The lowest BCUT2D eigenvalue weighted by molar-refractivity contribution is 0.418. The Bertz CT molecular complexity index is 761. The van der Waals surface area contributed by atoms with Crippen molar-refractivity contribution in [2.45, 2.75) is 31.7 Å². The molecule has 1 fully saturated rings. The Morgan fingerprint density at radius 2 is 2.14 bits per heavy atom. The quantitative estimate of drug-likeness (QED) is 0.766. The number of fused-ring (bicyclic) bond motifs is 1. The first kappa shape index (κ1) is 12.8. The lowest BCUT2D eigenvalue weighted by Gasteiger charge is -2.22. The molecule has 106 valence electrons. The Morgan fingerprint density at radius 3 is 3.00 bits per heavy atom. The van der Waals surface area contributed by atoms with Crippen molar-refractivity contribution in [1.29, 1.82) is 0 Å². The van der Waals surface area contributed by atoms with Gasteiger partial charge in [0.2, 0.25) is 0 Å². The van der Waals surface area contributed by atoms with E-state index in [0.29, 0.717) is 0 Å². The summed E-state index contributed by atoms with van der Waals surface area (Å²) in [7, 11) is 0. The number of hydrogen-bond donors (Lipinski definition) is 1. The summed E-state index contributed by atoms with van der Waals surface area (Å²) in [6.07, 6.45) is 7.85. The second-order valence-corrected chi connectivity index (χ2v) is 6.70. The maximum atomic E-state index is 4.57. The van der Waals surface area contributed by atoms with Crippen molar-refractivity contribution < 1.29 is 0 Å². The maximum absolute atomic E-state index is 4.57. The molecular weight excluding hydrogens is 278 g/mol. The molecule has 0 bridgehead atoms. The van der Waals surface area contributed by atoms with Gasteiger partial charge in [-0.05, 0) is 37.1 Å². The van der Waals surface area contributed by atoms with Gasteiger partial charge in [0.25, 0.3) is 0 Å². The van der Waals surface area contributed by atoms with Crippen LogP contribution >= 0.6 is 11.3 Å². The van der Waals surface area contributed by atoms with Crippen LogP contribution in [0.15, 0.2) is 42.7 Å². The number of benzene rings is 1. The highest BCUT2D eigenvalue weighted by Crippen LogP contribution is 2.38. The molecule has 0 aliphatic heterocycles. The number of thiazole rings is 1. The van der Waals surface area contributed by atoms with Crippen LogP contribution in [0.5, 0.6) is 0 Å². The van der Waals surface area contributed by atoms with Gasteiger partial charge in [-0.2, -0.15) is 0 Å². The average molecular weight is 295 g/mol. The van der Waals surface area contributed by atoms with E-state index in [1.165, 1.54) is 34.5 Å². The van der Waals surface area contributed by atoms with Gasteiger partial charge in [0.15, 0.2) is 0 Å². The molecule has 1 aromatic carbocycles. The Balaban J connectivity index is 1.46. The Hall–Kier alpha value is -1.94. The number of rotatable bonds is 4. The lowest BCUT2D eigenvalue weighted by atomic mass is 9.86. The van der Waals surface area contributed by atoms with Crippen LogP contribution in [0.2, 0.25) is 0 Å². The van der Waals surface area contributed by atoms with E-state index in [9.17, 15) is 0 Å². The monoisotopic (exact) mass is 295 g/mol. The summed E-state index contributed by atoms with van der Waals surface area (Å²) in [4.78, 5) is 10.2. The molecule has 2 heterocycles. The summed E-state index contributed by atoms with van der Waals surface area (Å²) in [5.74, 6) is 0.732. The molecule has 1 aliphatic rings. The van der Waals surface area contributed by atoms with Gasteiger partial charge in [0.05, 0.1) is 17.1 Å². The highest BCUT2D eigenvalue weighted by molar-refractivity contribution is 7.11. The van der Waals surface area contributed by atoms with Crippen molar-refractivity contribution in [3.8, 4) is 0 Å². The minimum absolute atomic E-state index is 0.732. The first-order chi connectivity index (χ1) is 10.4. The summed E-state index contributed by atoms with van der Waals surface area (Å²) in [5.41, 5.74) is 2.17. The molecule has 1 aliphatic carbocycles. The molecule has 1 saturated carbocycles. The minimum Gasteiger partial charge on any atom is -0.380 e. The van der Waals surface area contributed by atoms with E-state index in [2.05, 4.69) is 39.6 Å². The number of nitrogens with zero attached hydrogens (tertiary/aromatic N) is 2. The van der Waals surface area contributed by atoms with E-state index >= 15 is 0 Å². The van der Waals surface area contributed by atoms with Crippen molar-refractivity contribution in [2.75, 3.05) is 5.32 Å². The van der Waals surface area contributed by atoms with Gasteiger partial charge in [0.1, 0.15) is 0 Å². The highest BCUT2D eigenvalue weighted by Gasteiger charge is 2.22. The fraction of sp³-hybridized carbons (Fsp3) is 0.294. The first-order valence-electron chi connectivity index (χ1n) is 7.42. The van der Waals surface area contributed by atoms with E-state index in [-0.39, 0.29) is 0 Å². The van der Waals surface area contributed by atoms with Gasteiger partial charge in [-0.15, -0.1) is 11.3 Å². The Morgan fingerprint density at radius 1 is 1.19 bits per heavy atom. The molecule has 1 N–H and O–H groups in total. The van der Waals surface area contributed by atoms with Gasteiger partial charge in [0, 0.05) is 34.3 Å². The van der Waals surface area contributed by atoms with Gasteiger partial charge >= 0.3 is 0 Å². The molecule has 21 heavy (non-hydrogen) atoms. The predicted molar refractivity (Wildman–Crippen MR) is 87.8 cm³/mol. The van der Waals surface area contributed by atoms with Crippen LogP contribution < -0.4 is 5.32 Å². The summed E-state index contributed by atoms with van der Waals surface area (Å²) < 4.78 is 0. The molecule has 2 aromatic heterocycles. The number of hydrogen-bond acceptors (Lipinski definition) is 4. The molecule has 0 atom stereocenters. The molecular formula is C17H17N3S. The fourth-order valence-corrected chi connectivity index (χ4v) is 3.65. The number of aromatic nitrogens is 2. The van der Waals surface area contributed by atoms with E-state index in [1.807, 2.05) is 29.8 Å². The number of pyridine rings is 1. The van der Waals surface area contributed by atoms with E-state index in [1.54, 1.807) is 0 Å². The topological polar surface area (TPSA) is 37.8 Å². The van der Waals surface area contributed by atoms with Crippen LogP contribution in [0.1, 0.15) is 35.1 Å². The van der Waals surface area contributed by atoms with E-state index in [0.717, 1.165) is 23.7 Å². The van der Waals surface area contributed by atoms with Crippen molar-refractivity contribution in [3.63, 3.8) is 0 Å². The van der Waals surface area contributed by atoms with Crippen molar-refractivity contribution in [3.05, 3.63) is 52.6 Å². The summed E-state index contributed by atoms with van der Waals surface area (Å²) >= 11 is 1.85. The normalized spacial score (nSPS) is 15.0. The SMILES string of the molecule is c1cnc2ccc(NCc3cnc(C4CCC4)s3)cc2c1. The second kappa shape index (κ2) is 5.45. The molecule has 0 unspecified atom stereocenters. The van der Waals surface area contributed by atoms with E-state index < -0.39 is 0 Å². The van der Waals surface area contributed by atoms with Gasteiger partial charge < -0.3 is 5.32 Å². The molecule has 0 amide bonds. The summed E-state index contributed by atoms with van der Waals surface area (Å²) in [6, 6.07) is 10.4. The summed E-state index contributed by atoms with van der Waals surface area (Å²) in [5, 5.41) is 5.97. The predicted octanol–water partition coefficient (Wildman–Crippen LogP) is 4.57. The molecule has 4 rings (SSSR count). The number of nitrogens with one attached hydrogen (secondary N) is 1. The van der Waals surface area contributed by atoms with Crippen molar-refractivity contribution in [2.24, 2.45) is 0 Å². The maximum Gasteiger partial charge on any atom is 0.0959 e. The van der Waals surface area contributed by atoms with Crippen LogP contribution in [-0.4, -0.2) is 9.97 Å². The Labute approximate surface area is 128 Å². The molecule has 0 radical (unpaired) electrons. The second-order valence-electron chi connectivity index (χ2n) is 5.56. The molecule has 3 aromatic rings. The average Bonchev–Trinajstić information content (AvgIpc) is 2.91. The first-order valence-corrected chi connectivity index (χ1v) is 8.23. The minimum atomic E-state index is 0.732. The van der Waals surface area contributed by atoms with Gasteiger partial charge in [-0.1, -0.05) is 12.5 Å². The van der Waals surface area contributed by atoms with Crippen LogP contribution in [0.3, 0.4) is 0 Å².